The summed E-state index contributed by atoms with van der Waals surface area (Å²) >= 11 is 7.00. The van der Waals surface area contributed by atoms with Crippen LogP contribution < -0.4 is 5.32 Å². The monoisotopic (exact) mass is 513 g/mol. The van der Waals surface area contributed by atoms with E-state index in [2.05, 4.69) is 65.1 Å². The molecule has 1 saturated carbocycles. The van der Waals surface area contributed by atoms with Crippen molar-refractivity contribution in [3.05, 3.63) is 45.7 Å². The van der Waals surface area contributed by atoms with Gasteiger partial charge < -0.3 is 10.1 Å². The van der Waals surface area contributed by atoms with Crippen LogP contribution in [0.5, 0.6) is 0 Å². The van der Waals surface area contributed by atoms with E-state index < -0.39 is 0 Å². The summed E-state index contributed by atoms with van der Waals surface area (Å²) in [6.07, 6.45) is 8.75. The van der Waals surface area contributed by atoms with Crippen molar-refractivity contribution in [3.8, 4) is 5.69 Å². The van der Waals surface area contributed by atoms with E-state index in [0.717, 1.165) is 30.6 Å². The highest BCUT2D eigenvalue weighted by Crippen LogP contribution is 2.35. The lowest BCUT2D eigenvalue weighted by molar-refractivity contribution is 0.0694. The summed E-state index contributed by atoms with van der Waals surface area (Å²) in [4.78, 5) is 13.4. The average molecular weight is 514 g/mol. The number of amides is 1. The number of benzene rings is 1. The third kappa shape index (κ3) is 6.34. The lowest BCUT2D eigenvalue weighted by Crippen LogP contribution is -2.39. The van der Waals surface area contributed by atoms with Gasteiger partial charge in [0.25, 0.3) is 5.91 Å². The minimum atomic E-state index is -0.182. The van der Waals surface area contributed by atoms with Crippen LogP contribution in [0.4, 0.5) is 0 Å². The van der Waals surface area contributed by atoms with Crippen LogP contribution in [0.25, 0.3) is 5.69 Å². The van der Waals surface area contributed by atoms with Gasteiger partial charge in [-0.25, -0.2) is 4.68 Å². The van der Waals surface area contributed by atoms with Gasteiger partial charge in [-0.15, -0.1) is 0 Å². The molecule has 1 aromatic heterocycles. The lowest BCUT2D eigenvalue weighted by atomic mass is 9.80. The molecule has 1 saturated heterocycles. The van der Waals surface area contributed by atoms with Gasteiger partial charge in [0.1, 0.15) is 0 Å². The molecule has 1 aromatic carbocycles. The quantitative estimate of drug-likeness (QED) is 0.461. The summed E-state index contributed by atoms with van der Waals surface area (Å²) < 4.78 is 7.43. The predicted octanol–water partition coefficient (Wildman–Crippen LogP) is 7.15. The van der Waals surface area contributed by atoms with Gasteiger partial charge in [0.05, 0.1) is 16.4 Å². The Morgan fingerprint density at radius 2 is 1.56 bits per heavy atom. The lowest BCUT2D eigenvalue weighted by Gasteiger charge is -2.27. The largest absolute Gasteiger partial charge is 0.381 e. The van der Waals surface area contributed by atoms with Gasteiger partial charge in [-0.3, -0.25) is 4.79 Å². The molecule has 2 aromatic rings. The molecule has 2 heterocycles. The molecule has 2 aliphatic rings. The second kappa shape index (κ2) is 10.9. The zero-order chi connectivity index (χ0) is 26.1. The van der Waals surface area contributed by atoms with Crippen molar-refractivity contribution in [1.29, 1.82) is 0 Å². The van der Waals surface area contributed by atoms with Gasteiger partial charge in [-0.2, -0.15) is 5.10 Å². The Morgan fingerprint density at radius 1 is 0.972 bits per heavy atom. The van der Waals surface area contributed by atoms with Gasteiger partial charge in [-0.1, -0.05) is 91.3 Å². The molecule has 1 aliphatic heterocycles. The highest BCUT2D eigenvalue weighted by Gasteiger charge is 2.29. The molecule has 6 heteroatoms. The number of hydrogen-bond donors (Lipinski definition) is 1. The highest BCUT2D eigenvalue weighted by molar-refractivity contribution is 6.34. The summed E-state index contributed by atoms with van der Waals surface area (Å²) in [5.41, 5.74) is 4.78. The maximum absolute atomic E-state index is 13.4. The minimum absolute atomic E-state index is 0.0141. The van der Waals surface area contributed by atoms with Crippen LogP contribution in [0.2, 0.25) is 5.02 Å². The minimum Gasteiger partial charge on any atom is -0.381 e. The molecule has 1 amide bonds. The number of carbonyl (C=O) groups is 1. The van der Waals surface area contributed by atoms with Crippen molar-refractivity contribution in [2.45, 2.75) is 110 Å². The number of ether oxygens (including phenoxy) is 1. The smallest absolute Gasteiger partial charge is 0.273 e. The van der Waals surface area contributed by atoms with E-state index in [-0.39, 0.29) is 22.8 Å². The van der Waals surface area contributed by atoms with Crippen LogP contribution >= 0.6 is 11.6 Å². The van der Waals surface area contributed by atoms with E-state index >= 15 is 0 Å². The third-order valence-electron chi connectivity index (χ3n) is 7.79. The van der Waals surface area contributed by atoms with E-state index in [1.165, 1.54) is 43.2 Å². The highest BCUT2D eigenvalue weighted by atomic mass is 35.5. The van der Waals surface area contributed by atoms with Crippen molar-refractivity contribution < 1.29 is 9.53 Å². The molecule has 198 valence electrons. The van der Waals surface area contributed by atoms with Gasteiger partial charge >= 0.3 is 0 Å². The molecular formula is C30H44ClN3O2. The first-order valence-electron chi connectivity index (χ1n) is 13.8. The summed E-state index contributed by atoms with van der Waals surface area (Å²) in [6, 6.07) is 6.87. The molecule has 36 heavy (non-hydrogen) atoms. The Kier molecular flexibility index (Phi) is 8.21. The Morgan fingerprint density at radius 3 is 2.11 bits per heavy atom. The van der Waals surface area contributed by atoms with Crippen molar-refractivity contribution >= 4 is 17.5 Å². The maximum Gasteiger partial charge on any atom is 0.273 e. The Hall–Kier alpha value is -1.85. The molecule has 1 N–H and O–H groups in total. The van der Waals surface area contributed by atoms with Crippen molar-refractivity contribution in [2.75, 3.05) is 13.2 Å². The molecule has 1 aliphatic carbocycles. The zero-order valence-electron chi connectivity index (χ0n) is 23.0. The van der Waals surface area contributed by atoms with Gasteiger partial charge in [-0.05, 0) is 59.3 Å². The van der Waals surface area contributed by atoms with Crippen LogP contribution in [0.3, 0.4) is 0 Å². The molecule has 0 atom stereocenters. The average Bonchev–Trinajstić information content (AvgIpc) is 3.15. The maximum atomic E-state index is 13.4. The van der Waals surface area contributed by atoms with E-state index in [1.807, 2.05) is 4.68 Å². The summed E-state index contributed by atoms with van der Waals surface area (Å²) in [7, 11) is 0. The van der Waals surface area contributed by atoms with Crippen molar-refractivity contribution in [1.82, 2.24) is 15.1 Å². The van der Waals surface area contributed by atoms with Crippen LogP contribution in [-0.4, -0.2) is 34.9 Å². The van der Waals surface area contributed by atoms with Crippen LogP contribution in [0.15, 0.2) is 18.2 Å². The molecule has 0 radical (unpaired) electrons. The number of carbonyl (C=O) groups excluding carboxylic acids is 1. The van der Waals surface area contributed by atoms with Crippen LogP contribution in [-0.2, 0) is 22.0 Å². The number of nitrogens with one attached hydrogen (secondary N) is 1. The van der Waals surface area contributed by atoms with E-state index in [0.29, 0.717) is 29.8 Å². The number of nitrogens with zero attached hydrogens (tertiary/aromatic N) is 2. The fourth-order valence-electron chi connectivity index (χ4n) is 5.33. The molecule has 0 unspecified atom stereocenters. The van der Waals surface area contributed by atoms with Crippen LogP contribution in [0, 0.1) is 5.92 Å². The second-order valence-electron chi connectivity index (χ2n) is 12.9. The predicted molar refractivity (Wildman–Crippen MR) is 148 cm³/mol. The van der Waals surface area contributed by atoms with Crippen molar-refractivity contribution in [2.24, 2.45) is 5.92 Å². The molecule has 4 rings (SSSR count). The first-order chi connectivity index (χ1) is 16.9. The Bertz CT molecular complexity index is 1030. The van der Waals surface area contributed by atoms with Crippen LogP contribution in [0.1, 0.15) is 114 Å². The Labute approximate surface area is 222 Å². The summed E-state index contributed by atoms with van der Waals surface area (Å²) in [6.45, 7) is 14.8. The first kappa shape index (κ1) is 27.2. The van der Waals surface area contributed by atoms with E-state index in [4.69, 9.17) is 21.4 Å². The summed E-state index contributed by atoms with van der Waals surface area (Å²) in [5, 5.41) is 8.57. The first-order valence-corrected chi connectivity index (χ1v) is 14.1. The molecule has 2 fully saturated rings. The van der Waals surface area contributed by atoms with Gasteiger partial charge in [0.2, 0.25) is 0 Å². The topological polar surface area (TPSA) is 56.2 Å². The number of hydrogen-bond acceptors (Lipinski definition) is 3. The standard InChI is InChI=1S/C30H44ClN3O2/c1-29(2,3)21-17-22(30(4,5)6)19-24(18-21)34-25(16-20-10-8-7-9-11-20)26(31)27(33-34)28(35)32-23-12-14-36-15-13-23/h17-20,23H,7-16H2,1-6H3,(H,32,35). The third-order valence-corrected chi connectivity index (χ3v) is 8.19. The van der Waals surface area contributed by atoms with Gasteiger partial charge in [0, 0.05) is 19.3 Å². The molecular weight excluding hydrogens is 470 g/mol. The number of halogens is 1. The van der Waals surface area contributed by atoms with Gasteiger partial charge in [0.15, 0.2) is 5.69 Å². The van der Waals surface area contributed by atoms with Crippen molar-refractivity contribution in [3.63, 3.8) is 0 Å². The normalized spacial score (nSPS) is 18.4. The van der Waals surface area contributed by atoms with E-state index in [1.54, 1.807) is 0 Å². The Balaban J connectivity index is 1.79. The zero-order valence-corrected chi connectivity index (χ0v) is 23.8. The fourth-order valence-corrected chi connectivity index (χ4v) is 5.61. The number of aromatic nitrogens is 2. The fraction of sp³-hybridized carbons (Fsp3) is 0.667. The summed E-state index contributed by atoms with van der Waals surface area (Å²) in [5.74, 6) is 0.393. The van der Waals surface area contributed by atoms with E-state index in [9.17, 15) is 4.79 Å². The molecule has 0 bridgehead atoms. The SMILES string of the molecule is CC(C)(C)c1cc(-n2nc(C(=O)NC3CCOCC3)c(Cl)c2CC2CCCCC2)cc(C(C)(C)C)c1. The number of rotatable bonds is 5. The molecule has 5 nitrogen and oxygen atoms in total. The molecule has 0 spiro atoms. The second-order valence-corrected chi connectivity index (χ2v) is 13.2.